The molecule has 0 radical (unpaired) electrons. The molecule has 1 fully saturated rings. The van der Waals surface area contributed by atoms with E-state index < -0.39 is 0 Å². The van der Waals surface area contributed by atoms with E-state index in [9.17, 15) is 5.11 Å². The largest absolute Gasteiger partial charge is 0.391 e. The maximum Gasteiger partial charge on any atom is 0.0710 e. The molecule has 9 heavy (non-hydrogen) atoms. The van der Waals surface area contributed by atoms with Crippen LogP contribution in [0.3, 0.4) is 0 Å². The first kappa shape index (κ1) is 7.46. The fraction of sp³-hybridized carbons (Fsp3) is 1.00. The van der Waals surface area contributed by atoms with Crippen LogP contribution in [-0.4, -0.2) is 28.5 Å². The van der Waals surface area contributed by atoms with Gasteiger partial charge in [-0.3, -0.25) is 4.67 Å². The lowest BCUT2D eigenvalue weighted by molar-refractivity contribution is 0.148. The van der Waals surface area contributed by atoms with Crippen LogP contribution in [0.2, 0.25) is 0 Å². The van der Waals surface area contributed by atoms with Crippen LogP contribution >= 0.6 is 9.39 Å². The van der Waals surface area contributed by atoms with Crippen molar-refractivity contribution in [2.24, 2.45) is 5.92 Å². The number of nitrogens with zero attached hydrogens (tertiary/aromatic N) is 1. The molecule has 0 amide bonds. The molecule has 2 nitrogen and oxygen atoms in total. The van der Waals surface area contributed by atoms with Gasteiger partial charge in [-0.1, -0.05) is 16.3 Å². The Morgan fingerprint density at radius 3 is 2.22 bits per heavy atom. The average Bonchev–Trinajstić information content (AvgIpc) is 1.98. The SMILES string of the molecule is C[C@@H]1[C@@H](C)N(P)C[C@@H]1O. The van der Waals surface area contributed by atoms with E-state index in [0.717, 1.165) is 6.54 Å². The quantitative estimate of drug-likeness (QED) is 0.504. The third-order valence-corrected chi connectivity index (χ3v) is 2.97. The van der Waals surface area contributed by atoms with Crippen molar-refractivity contribution in [3.05, 3.63) is 0 Å². The molecule has 0 spiro atoms. The first-order valence-corrected chi connectivity index (χ1v) is 3.84. The zero-order valence-electron chi connectivity index (χ0n) is 5.91. The molecule has 1 aliphatic heterocycles. The number of β-amino-alcohol motifs (C(OH)–C–C–N with tert-alkyl or cyclic N) is 1. The Labute approximate surface area is 58.5 Å². The summed E-state index contributed by atoms with van der Waals surface area (Å²) in [5.41, 5.74) is 0. The molecule has 1 N–H and O–H groups in total. The van der Waals surface area contributed by atoms with Gasteiger partial charge >= 0.3 is 0 Å². The zero-order chi connectivity index (χ0) is 7.02. The molecular formula is C6H14NOP. The monoisotopic (exact) mass is 147 g/mol. The smallest absolute Gasteiger partial charge is 0.0710 e. The van der Waals surface area contributed by atoms with E-state index in [1.165, 1.54) is 0 Å². The highest BCUT2D eigenvalue weighted by molar-refractivity contribution is 7.13. The lowest BCUT2D eigenvalue weighted by Crippen LogP contribution is -2.20. The minimum Gasteiger partial charge on any atom is -0.391 e. The molecule has 1 unspecified atom stereocenters. The van der Waals surface area contributed by atoms with Crippen LogP contribution in [0, 0.1) is 5.92 Å². The zero-order valence-corrected chi connectivity index (χ0v) is 7.07. The molecule has 1 saturated heterocycles. The maximum atomic E-state index is 9.28. The van der Waals surface area contributed by atoms with Gasteiger partial charge in [0.1, 0.15) is 0 Å². The van der Waals surface area contributed by atoms with Crippen molar-refractivity contribution < 1.29 is 5.11 Å². The summed E-state index contributed by atoms with van der Waals surface area (Å²) >= 11 is 0. The summed E-state index contributed by atoms with van der Waals surface area (Å²) in [5.74, 6) is 0.419. The molecule has 0 saturated carbocycles. The summed E-state index contributed by atoms with van der Waals surface area (Å²) in [6.07, 6.45) is -0.127. The highest BCUT2D eigenvalue weighted by Gasteiger charge is 2.32. The first-order valence-electron chi connectivity index (χ1n) is 3.32. The topological polar surface area (TPSA) is 23.5 Å². The third kappa shape index (κ3) is 1.26. The summed E-state index contributed by atoms with van der Waals surface area (Å²) in [5, 5.41) is 9.28. The third-order valence-electron chi connectivity index (χ3n) is 2.29. The Morgan fingerprint density at radius 1 is 1.56 bits per heavy atom. The predicted octanol–water partition coefficient (Wildman–Crippen LogP) is 0.478. The maximum absolute atomic E-state index is 9.28. The number of aliphatic hydroxyl groups excluding tert-OH is 1. The van der Waals surface area contributed by atoms with Gasteiger partial charge in [-0.2, -0.15) is 0 Å². The van der Waals surface area contributed by atoms with Gasteiger partial charge in [0.2, 0.25) is 0 Å². The van der Waals surface area contributed by atoms with E-state index in [4.69, 9.17) is 0 Å². The van der Waals surface area contributed by atoms with Gasteiger partial charge in [-0.05, 0) is 12.8 Å². The van der Waals surface area contributed by atoms with E-state index >= 15 is 0 Å². The van der Waals surface area contributed by atoms with Crippen LogP contribution in [0.1, 0.15) is 13.8 Å². The van der Waals surface area contributed by atoms with Crippen molar-refractivity contribution in [3.8, 4) is 0 Å². The van der Waals surface area contributed by atoms with Gasteiger partial charge in [0.25, 0.3) is 0 Å². The van der Waals surface area contributed by atoms with Crippen LogP contribution in [0.15, 0.2) is 0 Å². The fourth-order valence-electron chi connectivity index (χ4n) is 1.17. The Bertz CT molecular complexity index is 97.2. The second kappa shape index (κ2) is 2.53. The lowest BCUT2D eigenvalue weighted by atomic mass is 10.0. The summed E-state index contributed by atoms with van der Waals surface area (Å²) in [7, 11) is 2.63. The van der Waals surface area contributed by atoms with Crippen molar-refractivity contribution in [2.45, 2.75) is 26.0 Å². The van der Waals surface area contributed by atoms with Crippen LogP contribution < -0.4 is 0 Å². The Balaban J connectivity index is 2.54. The molecule has 1 rings (SSSR count). The van der Waals surface area contributed by atoms with Crippen molar-refractivity contribution in [1.29, 1.82) is 0 Å². The van der Waals surface area contributed by atoms with E-state index in [1.807, 2.05) is 0 Å². The summed E-state index contributed by atoms with van der Waals surface area (Å²) in [4.78, 5) is 0. The Kier molecular flexibility index (Phi) is 2.10. The van der Waals surface area contributed by atoms with E-state index in [-0.39, 0.29) is 6.10 Å². The minimum atomic E-state index is -0.127. The second-order valence-electron chi connectivity index (χ2n) is 2.86. The van der Waals surface area contributed by atoms with Crippen molar-refractivity contribution in [1.82, 2.24) is 4.67 Å². The molecule has 0 bridgehead atoms. The molecule has 0 aliphatic carbocycles. The van der Waals surface area contributed by atoms with Crippen molar-refractivity contribution in [2.75, 3.05) is 6.54 Å². The second-order valence-corrected chi connectivity index (χ2v) is 3.53. The summed E-state index contributed by atoms with van der Waals surface area (Å²) < 4.78 is 2.11. The molecule has 0 aromatic carbocycles. The van der Waals surface area contributed by atoms with E-state index in [1.54, 1.807) is 0 Å². The van der Waals surface area contributed by atoms with Gasteiger partial charge in [0.15, 0.2) is 0 Å². The fourth-order valence-corrected chi connectivity index (χ4v) is 1.66. The number of rotatable bonds is 0. The molecule has 0 aromatic rings. The molecule has 3 heteroatoms. The molecule has 54 valence electrons. The molecule has 4 atom stereocenters. The Morgan fingerprint density at radius 2 is 2.11 bits per heavy atom. The average molecular weight is 147 g/mol. The molecule has 1 aliphatic rings. The summed E-state index contributed by atoms with van der Waals surface area (Å²) in [6.45, 7) is 5.01. The highest BCUT2D eigenvalue weighted by atomic mass is 31.0. The van der Waals surface area contributed by atoms with Crippen LogP contribution in [0.5, 0.6) is 0 Å². The summed E-state index contributed by atoms with van der Waals surface area (Å²) in [6, 6.07) is 0.505. The minimum absolute atomic E-state index is 0.127. The van der Waals surface area contributed by atoms with Crippen LogP contribution in [0.25, 0.3) is 0 Å². The van der Waals surface area contributed by atoms with Crippen LogP contribution in [-0.2, 0) is 0 Å². The van der Waals surface area contributed by atoms with E-state index in [0.29, 0.717) is 12.0 Å². The van der Waals surface area contributed by atoms with Gasteiger partial charge in [0.05, 0.1) is 6.10 Å². The van der Waals surface area contributed by atoms with Crippen molar-refractivity contribution in [3.63, 3.8) is 0 Å². The predicted molar refractivity (Wildman–Crippen MR) is 41.0 cm³/mol. The van der Waals surface area contributed by atoms with Gasteiger partial charge in [-0.15, -0.1) is 0 Å². The van der Waals surface area contributed by atoms with Gasteiger partial charge < -0.3 is 5.11 Å². The molecular weight excluding hydrogens is 133 g/mol. The van der Waals surface area contributed by atoms with E-state index in [2.05, 4.69) is 27.9 Å². The number of hydrogen-bond acceptors (Lipinski definition) is 2. The number of aliphatic hydroxyl groups is 1. The first-order chi connectivity index (χ1) is 4.13. The van der Waals surface area contributed by atoms with Crippen molar-refractivity contribution >= 4 is 9.39 Å². The molecule has 0 aromatic heterocycles. The normalized spacial score (nSPS) is 46.0. The highest BCUT2D eigenvalue weighted by Crippen LogP contribution is 2.26. The Hall–Kier alpha value is 0.350. The standard InChI is InChI=1S/C6H14NOP/c1-4-5(2)7(9)3-6(4)8/h4-6,8H,3,9H2,1-2H3/t4-,5-,6+/m1/s1. The number of hydrogen-bond donors (Lipinski definition) is 1. The van der Waals surface area contributed by atoms with Crippen LogP contribution in [0.4, 0.5) is 0 Å². The van der Waals surface area contributed by atoms with Gasteiger partial charge in [-0.25, -0.2) is 0 Å². The van der Waals surface area contributed by atoms with Gasteiger partial charge in [0, 0.05) is 12.6 Å². The molecule has 1 heterocycles. The lowest BCUT2D eigenvalue weighted by Gasteiger charge is -2.15.